The highest BCUT2D eigenvalue weighted by Gasteiger charge is 2.17. The molecule has 0 aliphatic carbocycles. The third-order valence-electron chi connectivity index (χ3n) is 4.78. The first kappa shape index (κ1) is 21.7. The average Bonchev–Trinajstić information content (AvgIpc) is 3.47. The smallest absolute Gasteiger partial charge is 0.185 e. The van der Waals surface area contributed by atoms with Gasteiger partial charge in [-0.3, -0.25) is 4.79 Å². The van der Waals surface area contributed by atoms with E-state index in [0.29, 0.717) is 5.56 Å². The normalized spacial score (nSPS) is 11.7. The lowest BCUT2D eigenvalue weighted by molar-refractivity contribution is 0.104. The van der Waals surface area contributed by atoms with Crippen LogP contribution in [0.5, 0.6) is 5.75 Å². The average molecular weight is 465 g/mol. The van der Waals surface area contributed by atoms with Gasteiger partial charge in [0.1, 0.15) is 16.3 Å². The Morgan fingerprint density at radius 2 is 1.88 bits per heavy atom. The summed E-state index contributed by atoms with van der Waals surface area (Å²) in [7, 11) is -2.09. The molecule has 2 aromatic carbocycles. The van der Waals surface area contributed by atoms with Crippen LogP contribution in [0.4, 0.5) is 0 Å². The van der Waals surface area contributed by atoms with Crippen LogP contribution < -0.4 is 4.74 Å². The summed E-state index contributed by atoms with van der Waals surface area (Å²) >= 11 is 1.57. The number of allylic oxidation sites excluding steroid dienone is 1. The van der Waals surface area contributed by atoms with Crippen LogP contribution >= 0.6 is 11.3 Å². The Kier molecular flexibility index (Phi) is 6.07. The zero-order chi connectivity index (χ0) is 22.7. The van der Waals surface area contributed by atoms with Crippen molar-refractivity contribution in [2.24, 2.45) is 0 Å². The Labute approximate surface area is 190 Å². The van der Waals surface area contributed by atoms with Crippen LogP contribution in [0.1, 0.15) is 15.9 Å². The van der Waals surface area contributed by atoms with E-state index in [-0.39, 0.29) is 16.4 Å². The zero-order valence-electron chi connectivity index (χ0n) is 17.4. The van der Waals surface area contributed by atoms with Crippen molar-refractivity contribution in [3.8, 4) is 22.0 Å². The molecule has 0 atom stereocenters. The largest absolute Gasteiger partial charge is 0.495 e. The lowest BCUT2D eigenvalue weighted by atomic mass is 10.1. The van der Waals surface area contributed by atoms with Gasteiger partial charge in [0.25, 0.3) is 0 Å². The van der Waals surface area contributed by atoms with Crippen LogP contribution in [0.2, 0.25) is 0 Å². The molecule has 0 spiro atoms. The number of rotatable bonds is 7. The molecule has 4 aromatic rings. The summed E-state index contributed by atoms with van der Waals surface area (Å²) < 4.78 is 30.7. The van der Waals surface area contributed by atoms with E-state index in [1.165, 1.54) is 31.4 Å². The molecule has 6 nitrogen and oxygen atoms in total. The Balaban J connectivity index is 1.69. The Morgan fingerprint density at radius 3 is 2.53 bits per heavy atom. The number of hydrogen-bond donors (Lipinski definition) is 0. The fraction of sp³-hybridized carbons (Fsp3) is 0.0833. The predicted molar refractivity (Wildman–Crippen MR) is 126 cm³/mol. The summed E-state index contributed by atoms with van der Waals surface area (Å²) in [6.45, 7) is 0. The second-order valence-corrected chi connectivity index (χ2v) is 9.96. The number of carbonyl (C=O) groups excluding carboxylic acids is 1. The number of hydrogen-bond acceptors (Lipinski definition) is 6. The predicted octanol–water partition coefficient (Wildman–Crippen LogP) is 4.91. The highest BCUT2D eigenvalue weighted by molar-refractivity contribution is 7.90. The highest BCUT2D eigenvalue weighted by Crippen LogP contribution is 2.29. The van der Waals surface area contributed by atoms with Gasteiger partial charge in [-0.25, -0.2) is 13.1 Å². The minimum absolute atomic E-state index is 0.0460. The molecule has 0 aliphatic rings. The second kappa shape index (κ2) is 8.94. The van der Waals surface area contributed by atoms with E-state index in [9.17, 15) is 13.2 Å². The van der Waals surface area contributed by atoms with E-state index in [1.54, 1.807) is 22.1 Å². The number of sulfone groups is 1. The first-order valence-electron chi connectivity index (χ1n) is 9.66. The molecule has 8 heteroatoms. The lowest BCUT2D eigenvalue weighted by Crippen LogP contribution is -2.03. The Bertz CT molecular complexity index is 1390. The van der Waals surface area contributed by atoms with Gasteiger partial charge in [0.15, 0.2) is 15.6 Å². The molecule has 0 unspecified atom stereocenters. The first-order valence-corrected chi connectivity index (χ1v) is 12.4. The number of aromatic nitrogens is 2. The van der Waals surface area contributed by atoms with Gasteiger partial charge in [-0.15, -0.1) is 11.3 Å². The van der Waals surface area contributed by atoms with Gasteiger partial charge < -0.3 is 4.74 Å². The maximum atomic E-state index is 12.8. The van der Waals surface area contributed by atoms with Crippen molar-refractivity contribution < 1.29 is 17.9 Å². The van der Waals surface area contributed by atoms with Crippen molar-refractivity contribution in [1.29, 1.82) is 0 Å². The standard InChI is InChI=1S/C24H20N2O4S2/c1-30-21-15-17(11-13-23(21)32(2,28)29)20(27)12-10-18-16-26(19-7-4-3-5-8-19)25-24(18)22-9-6-14-31-22/h3-16H,1-2H3/b12-10+. The van der Waals surface area contributed by atoms with E-state index in [1.807, 2.05) is 54.0 Å². The van der Waals surface area contributed by atoms with Crippen molar-refractivity contribution in [2.45, 2.75) is 4.90 Å². The molecule has 0 saturated heterocycles. The van der Waals surface area contributed by atoms with Gasteiger partial charge >= 0.3 is 0 Å². The maximum Gasteiger partial charge on any atom is 0.185 e. The Morgan fingerprint density at radius 1 is 1.09 bits per heavy atom. The minimum atomic E-state index is -3.46. The quantitative estimate of drug-likeness (QED) is 0.287. The van der Waals surface area contributed by atoms with E-state index in [2.05, 4.69) is 0 Å². The SMILES string of the molecule is COc1cc(C(=O)/C=C/c2cn(-c3ccccc3)nc2-c2cccs2)ccc1S(C)(=O)=O. The van der Waals surface area contributed by atoms with Crippen LogP contribution in [0.25, 0.3) is 22.3 Å². The third kappa shape index (κ3) is 4.56. The van der Waals surface area contributed by atoms with E-state index >= 15 is 0 Å². The molecule has 0 saturated carbocycles. The van der Waals surface area contributed by atoms with Crippen LogP contribution in [-0.2, 0) is 9.84 Å². The minimum Gasteiger partial charge on any atom is -0.495 e. The molecule has 0 amide bonds. The highest BCUT2D eigenvalue weighted by atomic mass is 32.2. The van der Waals surface area contributed by atoms with Crippen molar-refractivity contribution in [2.75, 3.05) is 13.4 Å². The van der Waals surface area contributed by atoms with Gasteiger partial charge in [0.2, 0.25) is 0 Å². The van der Waals surface area contributed by atoms with E-state index in [4.69, 9.17) is 9.84 Å². The molecule has 0 radical (unpaired) electrons. The van der Waals surface area contributed by atoms with Crippen LogP contribution in [0.15, 0.2) is 83.2 Å². The number of benzene rings is 2. The summed E-state index contributed by atoms with van der Waals surface area (Å²) in [6.07, 6.45) is 6.16. The van der Waals surface area contributed by atoms with Gasteiger partial charge in [0.05, 0.1) is 17.7 Å². The number of carbonyl (C=O) groups is 1. The molecule has 0 N–H and O–H groups in total. The third-order valence-corrected chi connectivity index (χ3v) is 6.79. The second-order valence-electron chi connectivity index (χ2n) is 7.03. The molecule has 0 bridgehead atoms. The molecule has 162 valence electrons. The monoisotopic (exact) mass is 464 g/mol. The van der Waals surface area contributed by atoms with Crippen molar-refractivity contribution >= 4 is 33.0 Å². The number of methoxy groups -OCH3 is 1. The summed E-state index contributed by atoms with van der Waals surface area (Å²) in [5.74, 6) is -0.129. The van der Waals surface area contributed by atoms with Crippen LogP contribution in [-0.4, -0.2) is 37.3 Å². The summed E-state index contributed by atoms with van der Waals surface area (Å²) in [5.41, 5.74) is 2.82. The molecule has 4 rings (SSSR count). The van der Waals surface area contributed by atoms with Gasteiger partial charge in [-0.2, -0.15) is 5.10 Å². The van der Waals surface area contributed by atoms with Crippen molar-refractivity contribution in [3.05, 3.63) is 89.4 Å². The zero-order valence-corrected chi connectivity index (χ0v) is 19.1. The number of nitrogens with zero attached hydrogens (tertiary/aromatic N) is 2. The van der Waals surface area contributed by atoms with Crippen LogP contribution in [0.3, 0.4) is 0 Å². The number of ketones is 1. The van der Waals surface area contributed by atoms with Crippen LogP contribution in [0, 0.1) is 0 Å². The van der Waals surface area contributed by atoms with E-state index in [0.717, 1.165) is 28.1 Å². The molecule has 2 heterocycles. The maximum absolute atomic E-state index is 12.8. The molecule has 0 fully saturated rings. The Hall–Kier alpha value is -3.49. The fourth-order valence-corrected chi connectivity index (χ4v) is 4.77. The van der Waals surface area contributed by atoms with Crippen molar-refractivity contribution in [3.63, 3.8) is 0 Å². The molecule has 2 aromatic heterocycles. The molecule has 32 heavy (non-hydrogen) atoms. The first-order chi connectivity index (χ1) is 15.4. The number of thiophene rings is 1. The van der Waals surface area contributed by atoms with Gasteiger partial charge in [0, 0.05) is 23.6 Å². The summed E-state index contributed by atoms with van der Waals surface area (Å²) in [4.78, 5) is 13.8. The van der Waals surface area contributed by atoms with Gasteiger partial charge in [-0.05, 0) is 53.9 Å². The number of para-hydroxylation sites is 1. The fourth-order valence-electron chi connectivity index (χ4n) is 3.22. The summed E-state index contributed by atoms with van der Waals surface area (Å²) in [5, 5.41) is 6.69. The molecule has 0 aliphatic heterocycles. The van der Waals surface area contributed by atoms with Gasteiger partial charge in [-0.1, -0.05) is 24.3 Å². The summed E-state index contributed by atoms with van der Waals surface area (Å²) in [6, 6.07) is 18.0. The number of ether oxygens (including phenoxy) is 1. The molecular formula is C24H20N2O4S2. The van der Waals surface area contributed by atoms with E-state index < -0.39 is 9.84 Å². The molecular weight excluding hydrogens is 444 g/mol. The van der Waals surface area contributed by atoms with Crippen molar-refractivity contribution in [1.82, 2.24) is 9.78 Å². The lowest BCUT2D eigenvalue weighted by Gasteiger charge is -2.07. The topological polar surface area (TPSA) is 78.3 Å².